The smallest absolute Gasteiger partial charge is 0.00951 e. The Kier molecular flexibility index (Phi) is 5.79. The van der Waals surface area contributed by atoms with Gasteiger partial charge in [-0.3, -0.25) is 0 Å². The van der Waals surface area contributed by atoms with Gasteiger partial charge in [0.1, 0.15) is 0 Å². The average Bonchev–Trinajstić information content (AvgIpc) is 2.42. The fourth-order valence-corrected chi connectivity index (χ4v) is 3.54. The first kappa shape index (κ1) is 13.4. The molecule has 2 fully saturated rings. The molecule has 0 amide bonds. The first-order valence-corrected chi connectivity index (χ1v) is 7.87. The standard InChI is InChI=1S/C15H30N2/c1-2-17(15-9-4-3-5-10-15)13-11-14-8-6-7-12-16-14/h14-16H,2-13H2,1H3/t14-/m0/s1. The van der Waals surface area contributed by atoms with Crippen molar-refractivity contribution >= 4 is 0 Å². The first-order chi connectivity index (χ1) is 8.40. The van der Waals surface area contributed by atoms with Gasteiger partial charge in [0.05, 0.1) is 0 Å². The maximum Gasteiger partial charge on any atom is 0.00951 e. The molecule has 0 unspecified atom stereocenters. The second kappa shape index (κ2) is 7.38. The van der Waals surface area contributed by atoms with Gasteiger partial charge in [-0.2, -0.15) is 0 Å². The topological polar surface area (TPSA) is 15.3 Å². The monoisotopic (exact) mass is 238 g/mol. The molecule has 1 N–H and O–H groups in total. The molecule has 0 bridgehead atoms. The van der Waals surface area contributed by atoms with E-state index in [1.807, 2.05) is 0 Å². The van der Waals surface area contributed by atoms with Gasteiger partial charge in [0.25, 0.3) is 0 Å². The van der Waals surface area contributed by atoms with Crippen molar-refractivity contribution in [1.82, 2.24) is 10.2 Å². The molecule has 0 aromatic rings. The van der Waals surface area contributed by atoms with Crippen LogP contribution in [0.3, 0.4) is 0 Å². The van der Waals surface area contributed by atoms with Crippen molar-refractivity contribution in [1.29, 1.82) is 0 Å². The van der Waals surface area contributed by atoms with Crippen LogP contribution in [0.4, 0.5) is 0 Å². The zero-order valence-corrected chi connectivity index (χ0v) is 11.6. The van der Waals surface area contributed by atoms with Crippen molar-refractivity contribution in [2.24, 2.45) is 0 Å². The summed E-state index contributed by atoms with van der Waals surface area (Å²) in [5.74, 6) is 0. The number of nitrogens with zero attached hydrogens (tertiary/aromatic N) is 1. The molecule has 1 heterocycles. The first-order valence-electron chi connectivity index (χ1n) is 7.87. The number of hydrogen-bond acceptors (Lipinski definition) is 2. The van der Waals surface area contributed by atoms with Crippen LogP contribution in [0, 0.1) is 0 Å². The minimum absolute atomic E-state index is 0.807. The Morgan fingerprint density at radius 3 is 2.41 bits per heavy atom. The van der Waals surface area contributed by atoms with E-state index in [0.717, 1.165) is 12.1 Å². The van der Waals surface area contributed by atoms with Gasteiger partial charge in [0.2, 0.25) is 0 Å². The number of hydrogen-bond donors (Lipinski definition) is 1. The molecule has 1 atom stereocenters. The summed E-state index contributed by atoms with van der Waals surface area (Å²) in [5.41, 5.74) is 0. The summed E-state index contributed by atoms with van der Waals surface area (Å²) in [7, 11) is 0. The van der Waals surface area contributed by atoms with E-state index in [2.05, 4.69) is 17.1 Å². The van der Waals surface area contributed by atoms with Crippen LogP contribution < -0.4 is 5.32 Å². The molecule has 2 aliphatic rings. The molecule has 0 spiro atoms. The SMILES string of the molecule is CCN(CC[C@@H]1CCCCN1)C1CCCCC1. The van der Waals surface area contributed by atoms with Crippen molar-refractivity contribution in [2.45, 2.75) is 76.8 Å². The maximum absolute atomic E-state index is 3.67. The lowest BCUT2D eigenvalue weighted by Gasteiger charge is -2.35. The molecule has 2 rings (SSSR count). The molecule has 100 valence electrons. The molecule has 17 heavy (non-hydrogen) atoms. The van der Waals surface area contributed by atoms with Gasteiger partial charge in [0, 0.05) is 12.1 Å². The highest BCUT2D eigenvalue weighted by Crippen LogP contribution is 2.23. The Morgan fingerprint density at radius 1 is 1.00 bits per heavy atom. The van der Waals surface area contributed by atoms with E-state index < -0.39 is 0 Å². The van der Waals surface area contributed by atoms with Gasteiger partial charge in [-0.15, -0.1) is 0 Å². The summed E-state index contributed by atoms with van der Waals surface area (Å²) in [4.78, 5) is 2.75. The van der Waals surface area contributed by atoms with E-state index in [-0.39, 0.29) is 0 Å². The Hall–Kier alpha value is -0.0800. The highest BCUT2D eigenvalue weighted by molar-refractivity contribution is 4.78. The van der Waals surface area contributed by atoms with E-state index in [9.17, 15) is 0 Å². The van der Waals surface area contributed by atoms with E-state index in [4.69, 9.17) is 0 Å². The highest BCUT2D eigenvalue weighted by Gasteiger charge is 2.21. The molecular weight excluding hydrogens is 208 g/mol. The molecule has 1 aliphatic carbocycles. The van der Waals surface area contributed by atoms with Gasteiger partial charge >= 0.3 is 0 Å². The zero-order valence-electron chi connectivity index (χ0n) is 11.6. The molecular formula is C15H30N2. The summed E-state index contributed by atoms with van der Waals surface area (Å²) in [6, 6.07) is 1.71. The van der Waals surface area contributed by atoms with Crippen molar-refractivity contribution in [2.75, 3.05) is 19.6 Å². The Labute approximate surface area is 107 Å². The largest absolute Gasteiger partial charge is 0.314 e. The zero-order chi connectivity index (χ0) is 11.9. The predicted molar refractivity (Wildman–Crippen MR) is 74.4 cm³/mol. The molecule has 0 aromatic heterocycles. The third-order valence-electron chi connectivity index (χ3n) is 4.67. The van der Waals surface area contributed by atoms with Crippen molar-refractivity contribution in [3.63, 3.8) is 0 Å². The van der Waals surface area contributed by atoms with Crippen LogP contribution in [0.15, 0.2) is 0 Å². The van der Waals surface area contributed by atoms with Crippen LogP contribution in [0.1, 0.15) is 64.7 Å². The molecule has 1 aliphatic heterocycles. The third kappa shape index (κ3) is 4.26. The molecule has 1 saturated heterocycles. The number of nitrogens with one attached hydrogen (secondary N) is 1. The minimum Gasteiger partial charge on any atom is -0.314 e. The van der Waals surface area contributed by atoms with Crippen LogP contribution in [0.2, 0.25) is 0 Å². The summed E-state index contributed by atoms with van der Waals surface area (Å²) in [5, 5.41) is 3.67. The van der Waals surface area contributed by atoms with Gasteiger partial charge in [-0.25, -0.2) is 0 Å². The van der Waals surface area contributed by atoms with Crippen molar-refractivity contribution in [3.8, 4) is 0 Å². The molecule has 0 radical (unpaired) electrons. The normalized spacial score (nSPS) is 27.5. The van der Waals surface area contributed by atoms with E-state index in [1.54, 1.807) is 0 Å². The average molecular weight is 238 g/mol. The van der Waals surface area contributed by atoms with Crippen molar-refractivity contribution < 1.29 is 0 Å². The Bertz CT molecular complexity index is 193. The molecule has 0 aromatic carbocycles. The number of rotatable bonds is 5. The van der Waals surface area contributed by atoms with E-state index in [1.165, 1.54) is 77.4 Å². The van der Waals surface area contributed by atoms with Gasteiger partial charge < -0.3 is 10.2 Å². The second-order valence-corrected chi connectivity index (χ2v) is 5.86. The molecule has 2 heteroatoms. The summed E-state index contributed by atoms with van der Waals surface area (Å²) in [6.07, 6.45) is 12.9. The van der Waals surface area contributed by atoms with Gasteiger partial charge in [-0.05, 0) is 51.7 Å². The van der Waals surface area contributed by atoms with Gasteiger partial charge in [-0.1, -0.05) is 32.6 Å². The second-order valence-electron chi connectivity index (χ2n) is 5.86. The van der Waals surface area contributed by atoms with Crippen LogP contribution in [-0.4, -0.2) is 36.6 Å². The fourth-order valence-electron chi connectivity index (χ4n) is 3.54. The number of piperidine rings is 1. The lowest BCUT2D eigenvalue weighted by atomic mass is 9.93. The van der Waals surface area contributed by atoms with E-state index >= 15 is 0 Å². The van der Waals surface area contributed by atoms with Crippen LogP contribution in [0.25, 0.3) is 0 Å². The Balaban J connectivity index is 1.70. The summed E-state index contributed by atoms with van der Waals surface area (Å²) in [6.45, 7) is 6.15. The van der Waals surface area contributed by atoms with Crippen LogP contribution in [0.5, 0.6) is 0 Å². The van der Waals surface area contributed by atoms with Crippen molar-refractivity contribution in [3.05, 3.63) is 0 Å². The maximum atomic E-state index is 3.67. The quantitative estimate of drug-likeness (QED) is 0.791. The minimum atomic E-state index is 0.807. The van der Waals surface area contributed by atoms with Gasteiger partial charge in [0.15, 0.2) is 0 Å². The fraction of sp³-hybridized carbons (Fsp3) is 1.00. The lowest BCUT2D eigenvalue weighted by molar-refractivity contribution is 0.153. The summed E-state index contributed by atoms with van der Waals surface area (Å²) >= 11 is 0. The van der Waals surface area contributed by atoms with Crippen LogP contribution in [-0.2, 0) is 0 Å². The lowest BCUT2D eigenvalue weighted by Crippen LogP contribution is -2.41. The summed E-state index contributed by atoms with van der Waals surface area (Å²) < 4.78 is 0. The Morgan fingerprint density at radius 2 is 1.76 bits per heavy atom. The molecule has 2 nitrogen and oxygen atoms in total. The van der Waals surface area contributed by atoms with E-state index in [0.29, 0.717) is 0 Å². The predicted octanol–water partition coefficient (Wildman–Crippen LogP) is 3.17. The highest BCUT2D eigenvalue weighted by atomic mass is 15.1. The van der Waals surface area contributed by atoms with Crippen LogP contribution >= 0.6 is 0 Å². The molecule has 1 saturated carbocycles. The third-order valence-corrected chi connectivity index (χ3v) is 4.67.